The van der Waals surface area contributed by atoms with Crippen molar-refractivity contribution >= 4 is 11.6 Å². The van der Waals surface area contributed by atoms with E-state index in [9.17, 15) is 4.79 Å². The number of pyridine rings is 1. The Labute approximate surface area is 91.0 Å². The van der Waals surface area contributed by atoms with Gasteiger partial charge in [-0.1, -0.05) is 0 Å². The van der Waals surface area contributed by atoms with Crippen molar-refractivity contribution in [1.29, 1.82) is 0 Å². The van der Waals surface area contributed by atoms with Crippen molar-refractivity contribution in [3.63, 3.8) is 0 Å². The maximum Gasteiger partial charge on any atom is 0.266 e. The van der Waals surface area contributed by atoms with Crippen molar-refractivity contribution in [3.8, 4) is 0 Å². The molecular formula is C11H8N4O. The predicted molar refractivity (Wildman–Crippen MR) is 57.1 cm³/mol. The van der Waals surface area contributed by atoms with Crippen LogP contribution in [0.1, 0.15) is 10.4 Å². The zero-order valence-electron chi connectivity index (χ0n) is 8.32. The highest BCUT2D eigenvalue weighted by molar-refractivity contribution is 6.01. The van der Waals surface area contributed by atoms with E-state index in [1.807, 2.05) is 16.7 Å². The fourth-order valence-corrected chi connectivity index (χ4v) is 1.63. The number of carbonyl (C=O) groups is 1. The Hall–Kier alpha value is -2.43. The molecule has 3 heterocycles. The van der Waals surface area contributed by atoms with Crippen LogP contribution in [0.3, 0.4) is 0 Å². The summed E-state index contributed by atoms with van der Waals surface area (Å²) in [5.74, 6) is -0.130. The first-order valence-corrected chi connectivity index (χ1v) is 4.80. The molecule has 5 nitrogen and oxygen atoms in total. The van der Waals surface area contributed by atoms with Gasteiger partial charge < -0.3 is 4.40 Å². The van der Waals surface area contributed by atoms with Crippen molar-refractivity contribution in [1.82, 2.24) is 18.9 Å². The van der Waals surface area contributed by atoms with Gasteiger partial charge in [-0.25, -0.2) is 9.97 Å². The van der Waals surface area contributed by atoms with E-state index in [0.29, 0.717) is 11.2 Å². The normalized spacial score (nSPS) is 10.8. The molecule has 78 valence electrons. The number of hydrogen-bond acceptors (Lipinski definition) is 3. The van der Waals surface area contributed by atoms with Gasteiger partial charge in [0.25, 0.3) is 5.91 Å². The van der Waals surface area contributed by atoms with E-state index in [-0.39, 0.29) is 5.91 Å². The molecule has 0 unspecified atom stereocenters. The van der Waals surface area contributed by atoms with E-state index >= 15 is 0 Å². The van der Waals surface area contributed by atoms with Crippen molar-refractivity contribution in [2.45, 2.75) is 0 Å². The molecule has 0 saturated carbocycles. The van der Waals surface area contributed by atoms with Crippen LogP contribution in [0.25, 0.3) is 5.65 Å². The number of nitrogens with zero attached hydrogens (tertiary/aromatic N) is 4. The smallest absolute Gasteiger partial charge is 0.266 e. The average Bonchev–Trinajstić information content (AvgIpc) is 2.98. The van der Waals surface area contributed by atoms with E-state index < -0.39 is 0 Å². The molecule has 0 aliphatic heterocycles. The lowest BCUT2D eigenvalue weighted by molar-refractivity contribution is 0.0961. The lowest BCUT2D eigenvalue weighted by Gasteiger charge is -2.02. The molecule has 0 aliphatic rings. The van der Waals surface area contributed by atoms with Crippen molar-refractivity contribution in [3.05, 3.63) is 55.0 Å². The second-order valence-corrected chi connectivity index (χ2v) is 3.36. The Morgan fingerprint density at radius 2 is 2.12 bits per heavy atom. The summed E-state index contributed by atoms with van der Waals surface area (Å²) in [6.45, 7) is 0. The predicted octanol–water partition coefficient (Wildman–Crippen LogP) is 1.22. The molecule has 0 atom stereocenters. The van der Waals surface area contributed by atoms with E-state index in [4.69, 9.17) is 0 Å². The van der Waals surface area contributed by atoms with Gasteiger partial charge in [0, 0.05) is 31.0 Å². The van der Waals surface area contributed by atoms with Crippen LogP contribution in [0.2, 0.25) is 0 Å². The number of hydrogen-bond donors (Lipinski definition) is 0. The molecule has 3 aromatic heterocycles. The molecule has 0 bridgehead atoms. The summed E-state index contributed by atoms with van der Waals surface area (Å²) in [5, 5.41) is 0. The van der Waals surface area contributed by atoms with Gasteiger partial charge in [-0.05, 0) is 12.1 Å². The van der Waals surface area contributed by atoms with E-state index in [1.165, 1.54) is 10.9 Å². The van der Waals surface area contributed by atoms with Crippen LogP contribution >= 0.6 is 0 Å². The van der Waals surface area contributed by atoms with E-state index in [0.717, 1.165) is 0 Å². The Morgan fingerprint density at radius 1 is 1.19 bits per heavy atom. The fourth-order valence-electron chi connectivity index (χ4n) is 1.63. The van der Waals surface area contributed by atoms with Gasteiger partial charge in [0.05, 0.1) is 5.56 Å². The molecular weight excluding hydrogens is 204 g/mol. The van der Waals surface area contributed by atoms with Crippen LogP contribution in [0.4, 0.5) is 0 Å². The second kappa shape index (κ2) is 3.30. The summed E-state index contributed by atoms with van der Waals surface area (Å²) >= 11 is 0. The maximum absolute atomic E-state index is 12.1. The van der Waals surface area contributed by atoms with Gasteiger partial charge in [-0.15, -0.1) is 0 Å². The lowest BCUT2D eigenvalue weighted by atomic mass is 10.2. The zero-order chi connectivity index (χ0) is 11.0. The van der Waals surface area contributed by atoms with Crippen LogP contribution in [-0.4, -0.2) is 24.8 Å². The highest BCUT2D eigenvalue weighted by Crippen LogP contribution is 2.10. The summed E-state index contributed by atoms with van der Waals surface area (Å²) in [6.07, 6.45) is 10.0. The summed E-state index contributed by atoms with van der Waals surface area (Å²) in [4.78, 5) is 20.1. The van der Waals surface area contributed by atoms with Crippen LogP contribution in [0, 0.1) is 0 Å². The van der Waals surface area contributed by atoms with Gasteiger partial charge in [0.2, 0.25) is 0 Å². The Morgan fingerprint density at radius 3 is 2.94 bits per heavy atom. The first-order valence-electron chi connectivity index (χ1n) is 4.80. The SMILES string of the molecule is O=C(c1cccn2ccnc12)n1ccnc1. The second-order valence-electron chi connectivity index (χ2n) is 3.36. The van der Waals surface area contributed by atoms with Crippen LogP contribution in [0.5, 0.6) is 0 Å². The van der Waals surface area contributed by atoms with Gasteiger partial charge >= 0.3 is 0 Å². The number of fused-ring (bicyclic) bond motifs is 1. The van der Waals surface area contributed by atoms with Crippen LogP contribution in [-0.2, 0) is 0 Å². The Balaban J connectivity index is 2.19. The topological polar surface area (TPSA) is 52.2 Å². The van der Waals surface area contributed by atoms with Gasteiger partial charge in [-0.2, -0.15) is 0 Å². The highest BCUT2D eigenvalue weighted by Gasteiger charge is 2.12. The quantitative estimate of drug-likeness (QED) is 0.609. The average molecular weight is 212 g/mol. The Bertz CT molecular complexity index is 639. The molecule has 5 heteroatoms. The van der Waals surface area contributed by atoms with Gasteiger partial charge in [0.1, 0.15) is 12.0 Å². The Kier molecular flexibility index (Phi) is 1.83. The van der Waals surface area contributed by atoms with E-state index in [2.05, 4.69) is 9.97 Å². The number of carbonyl (C=O) groups excluding carboxylic acids is 1. The number of aromatic nitrogens is 4. The molecule has 0 N–H and O–H groups in total. The minimum absolute atomic E-state index is 0.130. The summed E-state index contributed by atoms with van der Waals surface area (Å²) < 4.78 is 3.24. The molecule has 0 amide bonds. The molecule has 0 aliphatic carbocycles. The van der Waals surface area contributed by atoms with Crippen molar-refractivity contribution in [2.75, 3.05) is 0 Å². The summed E-state index contributed by atoms with van der Waals surface area (Å²) in [6, 6.07) is 3.57. The fraction of sp³-hybridized carbons (Fsp3) is 0. The molecule has 0 fully saturated rings. The number of rotatable bonds is 1. The molecule has 3 aromatic rings. The van der Waals surface area contributed by atoms with Crippen molar-refractivity contribution in [2.24, 2.45) is 0 Å². The summed E-state index contributed by atoms with van der Waals surface area (Å²) in [5.41, 5.74) is 1.21. The standard InChI is InChI=1S/C11H8N4O/c16-11(15-6-3-12-8-15)9-2-1-5-14-7-4-13-10(9)14/h1-8H. The monoisotopic (exact) mass is 212 g/mol. The maximum atomic E-state index is 12.1. The van der Waals surface area contributed by atoms with E-state index in [1.54, 1.807) is 30.9 Å². The largest absolute Gasteiger partial charge is 0.306 e. The number of imidazole rings is 2. The minimum Gasteiger partial charge on any atom is -0.306 e. The molecule has 0 saturated heterocycles. The van der Waals surface area contributed by atoms with Crippen LogP contribution < -0.4 is 0 Å². The third-order valence-electron chi connectivity index (χ3n) is 2.39. The van der Waals surface area contributed by atoms with Gasteiger partial charge in [0.15, 0.2) is 0 Å². The molecule has 16 heavy (non-hydrogen) atoms. The zero-order valence-corrected chi connectivity index (χ0v) is 8.32. The molecule has 0 radical (unpaired) electrons. The molecule has 0 aromatic carbocycles. The third-order valence-corrected chi connectivity index (χ3v) is 2.39. The highest BCUT2D eigenvalue weighted by atomic mass is 16.2. The third kappa shape index (κ3) is 1.22. The first kappa shape index (κ1) is 8.84. The minimum atomic E-state index is -0.130. The molecule has 0 spiro atoms. The molecule has 3 rings (SSSR count). The lowest BCUT2D eigenvalue weighted by Crippen LogP contribution is -2.11. The van der Waals surface area contributed by atoms with Gasteiger partial charge in [-0.3, -0.25) is 9.36 Å². The first-order chi connectivity index (χ1) is 7.86. The summed E-state index contributed by atoms with van der Waals surface area (Å²) in [7, 11) is 0. The van der Waals surface area contributed by atoms with Crippen LogP contribution in [0.15, 0.2) is 49.4 Å². The van der Waals surface area contributed by atoms with Crippen molar-refractivity contribution < 1.29 is 4.79 Å².